The van der Waals surface area contributed by atoms with Crippen molar-refractivity contribution in [1.82, 2.24) is 4.98 Å². The van der Waals surface area contributed by atoms with Gasteiger partial charge in [0.05, 0.1) is 17.6 Å². The van der Waals surface area contributed by atoms with Gasteiger partial charge in [-0.15, -0.1) is 11.3 Å². The fraction of sp³-hybridized carbons (Fsp3) is 0.400. The molecule has 2 N–H and O–H groups in total. The van der Waals surface area contributed by atoms with Crippen LogP contribution in [0.15, 0.2) is 35.8 Å². The Morgan fingerprint density at radius 3 is 2.79 bits per heavy atom. The number of hydrogen-bond acceptors (Lipinski definition) is 4. The monoisotopic (exact) mass is 275 g/mol. The highest BCUT2D eigenvalue weighted by Gasteiger charge is 2.06. The van der Waals surface area contributed by atoms with Crippen LogP contribution in [0.4, 0.5) is 5.69 Å². The molecule has 0 aromatic carbocycles. The first-order chi connectivity index (χ1) is 9.20. The molecule has 2 aromatic rings. The second kappa shape index (κ2) is 6.68. The number of anilines is 1. The van der Waals surface area contributed by atoms with Gasteiger partial charge in [-0.3, -0.25) is 4.98 Å². The molecule has 0 aliphatic rings. The van der Waals surface area contributed by atoms with Gasteiger partial charge in [-0.25, -0.2) is 0 Å². The van der Waals surface area contributed by atoms with Crippen molar-refractivity contribution in [3.8, 4) is 0 Å². The van der Waals surface area contributed by atoms with Gasteiger partial charge in [0.25, 0.3) is 0 Å². The lowest BCUT2D eigenvalue weighted by Gasteiger charge is -2.19. The van der Waals surface area contributed by atoms with Gasteiger partial charge in [-0.1, -0.05) is 13.0 Å². The molecule has 0 saturated carbocycles. The van der Waals surface area contributed by atoms with Crippen molar-refractivity contribution in [1.29, 1.82) is 0 Å². The SMILES string of the molecule is CCC(N)c1ccc(N(C)CCc2cccs2)cn1. The van der Waals surface area contributed by atoms with Crippen molar-refractivity contribution in [2.45, 2.75) is 25.8 Å². The number of pyridine rings is 1. The van der Waals surface area contributed by atoms with Gasteiger partial charge < -0.3 is 10.6 Å². The zero-order valence-corrected chi connectivity index (χ0v) is 12.4. The number of aromatic nitrogens is 1. The van der Waals surface area contributed by atoms with Crippen LogP contribution in [0.1, 0.15) is 30.0 Å². The Kier molecular flexibility index (Phi) is 4.93. The van der Waals surface area contributed by atoms with E-state index < -0.39 is 0 Å². The van der Waals surface area contributed by atoms with E-state index in [4.69, 9.17) is 5.73 Å². The number of hydrogen-bond donors (Lipinski definition) is 1. The Morgan fingerprint density at radius 1 is 1.37 bits per heavy atom. The van der Waals surface area contributed by atoms with Crippen LogP contribution >= 0.6 is 11.3 Å². The van der Waals surface area contributed by atoms with E-state index >= 15 is 0 Å². The molecular formula is C15H21N3S. The van der Waals surface area contributed by atoms with Crippen LogP contribution in [-0.4, -0.2) is 18.6 Å². The number of nitrogens with zero attached hydrogens (tertiary/aromatic N) is 2. The van der Waals surface area contributed by atoms with Gasteiger partial charge in [0.1, 0.15) is 0 Å². The van der Waals surface area contributed by atoms with Crippen LogP contribution < -0.4 is 10.6 Å². The molecule has 0 spiro atoms. The van der Waals surface area contributed by atoms with Gasteiger partial charge >= 0.3 is 0 Å². The highest BCUT2D eigenvalue weighted by Crippen LogP contribution is 2.17. The molecule has 0 fully saturated rings. The Balaban J connectivity index is 1.93. The minimum atomic E-state index is 0.0467. The van der Waals surface area contributed by atoms with E-state index in [0.717, 1.165) is 30.8 Å². The summed E-state index contributed by atoms with van der Waals surface area (Å²) < 4.78 is 0. The molecule has 0 bridgehead atoms. The van der Waals surface area contributed by atoms with Gasteiger partial charge in [0.2, 0.25) is 0 Å². The molecule has 1 atom stereocenters. The number of thiophene rings is 1. The molecular weight excluding hydrogens is 254 g/mol. The molecule has 0 radical (unpaired) electrons. The lowest BCUT2D eigenvalue weighted by Crippen LogP contribution is -2.20. The Bertz CT molecular complexity index is 479. The molecule has 4 heteroatoms. The summed E-state index contributed by atoms with van der Waals surface area (Å²) in [6, 6.07) is 8.46. The second-order valence-corrected chi connectivity index (χ2v) is 5.74. The fourth-order valence-corrected chi connectivity index (χ4v) is 2.61. The lowest BCUT2D eigenvalue weighted by atomic mass is 10.1. The van der Waals surface area contributed by atoms with E-state index in [1.54, 1.807) is 0 Å². The summed E-state index contributed by atoms with van der Waals surface area (Å²) in [5, 5.41) is 2.12. The molecule has 19 heavy (non-hydrogen) atoms. The summed E-state index contributed by atoms with van der Waals surface area (Å²) in [6.45, 7) is 3.08. The predicted octanol–water partition coefficient (Wildman–Crippen LogP) is 3.23. The number of nitrogens with two attached hydrogens (primary N) is 1. The average Bonchev–Trinajstić information content (AvgIpc) is 2.97. The zero-order chi connectivity index (χ0) is 13.7. The molecule has 0 aliphatic carbocycles. The summed E-state index contributed by atoms with van der Waals surface area (Å²) in [5.41, 5.74) is 8.08. The molecule has 2 rings (SSSR count). The first kappa shape index (κ1) is 14.0. The maximum absolute atomic E-state index is 5.97. The van der Waals surface area contributed by atoms with Crippen molar-refractivity contribution in [3.63, 3.8) is 0 Å². The van der Waals surface area contributed by atoms with Crippen LogP contribution in [0.2, 0.25) is 0 Å². The molecule has 1 unspecified atom stereocenters. The van der Waals surface area contributed by atoms with Crippen molar-refractivity contribution in [2.75, 3.05) is 18.5 Å². The third-order valence-electron chi connectivity index (χ3n) is 3.30. The average molecular weight is 275 g/mol. The Hall–Kier alpha value is -1.39. The molecule has 0 amide bonds. The smallest absolute Gasteiger partial charge is 0.0572 e. The van der Waals surface area contributed by atoms with Crippen LogP contribution in [0.3, 0.4) is 0 Å². The van der Waals surface area contributed by atoms with E-state index in [-0.39, 0.29) is 6.04 Å². The fourth-order valence-electron chi connectivity index (χ4n) is 1.91. The summed E-state index contributed by atoms with van der Waals surface area (Å²) in [5.74, 6) is 0. The van der Waals surface area contributed by atoms with Crippen LogP contribution in [0, 0.1) is 0 Å². The van der Waals surface area contributed by atoms with Crippen molar-refractivity contribution in [2.24, 2.45) is 5.73 Å². The van der Waals surface area contributed by atoms with Crippen molar-refractivity contribution >= 4 is 17.0 Å². The van der Waals surface area contributed by atoms with E-state index in [1.807, 2.05) is 23.6 Å². The Morgan fingerprint density at radius 2 is 2.21 bits per heavy atom. The summed E-state index contributed by atoms with van der Waals surface area (Å²) in [7, 11) is 2.10. The standard InChI is InChI=1S/C15H21N3S/c1-3-14(16)15-7-6-12(11-17-15)18(2)9-8-13-5-4-10-19-13/h4-7,10-11,14H,3,8-9,16H2,1-2H3. The minimum absolute atomic E-state index is 0.0467. The van der Waals surface area contributed by atoms with E-state index in [1.165, 1.54) is 4.88 Å². The molecule has 2 aromatic heterocycles. The van der Waals surface area contributed by atoms with E-state index in [0.29, 0.717) is 0 Å². The van der Waals surface area contributed by atoms with E-state index in [2.05, 4.69) is 47.4 Å². The van der Waals surface area contributed by atoms with Crippen LogP contribution in [0.25, 0.3) is 0 Å². The summed E-state index contributed by atoms with van der Waals surface area (Å²) in [6.07, 6.45) is 3.91. The number of rotatable bonds is 6. The second-order valence-electron chi connectivity index (χ2n) is 4.71. The van der Waals surface area contributed by atoms with Crippen LogP contribution in [0.5, 0.6) is 0 Å². The third-order valence-corrected chi connectivity index (χ3v) is 4.24. The highest BCUT2D eigenvalue weighted by atomic mass is 32.1. The first-order valence-corrected chi connectivity index (χ1v) is 7.53. The molecule has 0 aliphatic heterocycles. The molecule has 3 nitrogen and oxygen atoms in total. The van der Waals surface area contributed by atoms with Crippen LogP contribution in [-0.2, 0) is 6.42 Å². The Labute approximate surface area is 119 Å². The van der Waals surface area contributed by atoms with Gasteiger partial charge in [-0.05, 0) is 36.4 Å². The minimum Gasteiger partial charge on any atom is -0.373 e. The zero-order valence-electron chi connectivity index (χ0n) is 11.5. The first-order valence-electron chi connectivity index (χ1n) is 6.65. The topological polar surface area (TPSA) is 42.1 Å². The lowest BCUT2D eigenvalue weighted by molar-refractivity contribution is 0.675. The van der Waals surface area contributed by atoms with Gasteiger partial charge in [-0.2, -0.15) is 0 Å². The van der Waals surface area contributed by atoms with Gasteiger partial charge in [0.15, 0.2) is 0 Å². The molecule has 0 saturated heterocycles. The van der Waals surface area contributed by atoms with Crippen molar-refractivity contribution in [3.05, 3.63) is 46.4 Å². The largest absolute Gasteiger partial charge is 0.373 e. The van der Waals surface area contributed by atoms with Crippen molar-refractivity contribution < 1.29 is 0 Å². The van der Waals surface area contributed by atoms with Gasteiger partial charge in [0, 0.05) is 24.5 Å². The maximum atomic E-state index is 5.97. The quantitative estimate of drug-likeness (QED) is 0.880. The normalized spacial score (nSPS) is 12.4. The third kappa shape index (κ3) is 3.78. The predicted molar refractivity (Wildman–Crippen MR) is 82.7 cm³/mol. The maximum Gasteiger partial charge on any atom is 0.0572 e. The summed E-state index contributed by atoms with van der Waals surface area (Å²) >= 11 is 1.81. The van der Waals surface area contributed by atoms with E-state index in [9.17, 15) is 0 Å². The summed E-state index contributed by atoms with van der Waals surface area (Å²) in [4.78, 5) is 8.10. The molecule has 102 valence electrons. The highest BCUT2D eigenvalue weighted by molar-refractivity contribution is 7.09. The number of likely N-dealkylation sites (N-methyl/N-ethyl adjacent to an activating group) is 1. The molecule has 2 heterocycles.